The number of carbonyl (C=O) groups excluding carboxylic acids is 1. The summed E-state index contributed by atoms with van der Waals surface area (Å²) in [6, 6.07) is 0. The number of fused-ring (bicyclic) bond motifs is 1. The summed E-state index contributed by atoms with van der Waals surface area (Å²) in [5, 5.41) is 0.732. The highest BCUT2D eigenvalue weighted by molar-refractivity contribution is 7.99. The Hall–Kier alpha value is -1.30. The Balaban J connectivity index is 1.92. The highest BCUT2D eigenvalue weighted by Gasteiger charge is 2.24. The van der Waals surface area contributed by atoms with Crippen LogP contribution in [-0.4, -0.2) is 39.2 Å². The lowest BCUT2D eigenvalue weighted by Gasteiger charge is -2.26. The molecular formula is C12H15N3O2S. The summed E-state index contributed by atoms with van der Waals surface area (Å²) in [5.41, 5.74) is 0.0451. The summed E-state index contributed by atoms with van der Waals surface area (Å²) in [7, 11) is 0. The lowest BCUT2D eigenvalue weighted by atomic mass is 10.1. The van der Waals surface area contributed by atoms with Crippen molar-refractivity contribution >= 4 is 17.7 Å². The molecule has 1 aromatic rings. The summed E-state index contributed by atoms with van der Waals surface area (Å²) in [5.74, 6) is 0.711. The van der Waals surface area contributed by atoms with Crippen LogP contribution < -0.4 is 5.56 Å². The van der Waals surface area contributed by atoms with Crippen molar-refractivity contribution in [1.29, 1.82) is 0 Å². The molecule has 0 N–H and O–H groups in total. The van der Waals surface area contributed by atoms with Gasteiger partial charge in [-0.3, -0.25) is 14.2 Å². The minimum absolute atomic E-state index is 0.153. The number of hydrogen-bond donors (Lipinski definition) is 0. The van der Waals surface area contributed by atoms with E-state index in [0.717, 1.165) is 36.8 Å². The van der Waals surface area contributed by atoms with Crippen LogP contribution in [0.25, 0.3) is 0 Å². The number of nitrogens with zero attached hydrogens (tertiary/aromatic N) is 3. The molecule has 5 nitrogen and oxygen atoms in total. The molecule has 3 rings (SSSR count). The highest BCUT2D eigenvalue weighted by atomic mass is 32.2. The van der Waals surface area contributed by atoms with Gasteiger partial charge in [-0.05, 0) is 19.3 Å². The largest absolute Gasteiger partial charge is 0.338 e. The zero-order chi connectivity index (χ0) is 12.5. The van der Waals surface area contributed by atoms with Crippen LogP contribution in [0.4, 0.5) is 0 Å². The number of hydrogen-bond acceptors (Lipinski definition) is 4. The van der Waals surface area contributed by atoms with Crippen molar-refractivity contribution in [3.8, 4) is 0 Å². The second kappa shape index (κ2) is 4.76. The van der Waals surface area contributed by atoms with E-state index in [1.165, 1.54) is 12.6 Å². The van der Waals surface area contributed by atoms with Crippen LogP contribution in [-0.2, 0) is 6.54 Å². The van der Waals surface area contributed by atoms with Crippen molar-refractivity contribution in [3.63, 3.8) is 0 Å². The van der Waals surface area contributed by atoms with E-state index >= 15 is 0 Å². The van der Waals surface area contributed by atoms with E-state index in [1.807, 2.05) is 0 Å². The van der Waals surface area contributed by atoms with Crippen molar-refractivity contribution in [1.82, 2.24) is 14.5 Å². The number of likely N-dealkylation sites (tertiary alicyclic amines) is 1. The fourth-order valence-corrected chi connectivity index (χ4v) is 3.35. The van der Waals surface area contributed by atoms with Crippen molar-refractivity contribution in [2.75, 3.05) is 18.8 Å². The number of thioether (sulfide) groups is 1. The number of rotatable bonds is 1. The van der Waals surface area contributed by atoms with Gasteiger partial charge in [0.25, 0.3) is 11.5 Å². The third kappa shape index (κ3) is 1.94. The predicted octanol–water partition coefficient (Wildman–Crippen LogP) is 0.975. The Labute approximate surface area is 109 Å². The Morgan fingerprint density at radius 2 is 2.00 bits per heavy atom. The van der Waals surface area contributed by atoms with E-state index in [0.29, 0.717) is 6.54 Å². The Morgan fingerprint density at radius 3 is 2.78 bits per heavy atom. The van der Waals surface area contributed by atoms with Crippen LogP contribution in [0.5, 0.6) is 0 Å². The first-order valence-corrected chi connectivity index (χ1v) is 7.28. The lowest BCUT2D eigenvalue weighted by molar-refractivity contribution is 0.0721. The van der Waals surface area contributed by atoms with E-state index in [2.05, 4.69) is 4.98 Å². The number of piperidine rings is 1. The average Bonchev–Trinajstić information content (AvgIpc) is 2.89. The monoisotopic (exact) mass is 265 g/mol. The van der Waals surface area contributed by atoms with Crippen LogP contribution in [0.15, 0.2) is 16.1 Å². The van der Waals surface area contributed by atoms with Gasteiger partial charge < -0.3 is 4.90 Å². The van der Waals surface area contributed by atoms with Gasteiger partial charge in [0.1, 0.15) is 5.56 Å². The van der Waals surface area contributed by atoms with Gasteiger partial charge in [0, 0.05) is 31.6 Å². The van der Waals surface area contributed by atoms with Crippen LogP contribution in [0.3, 0.4) is 0 Å². The molecular weight excluding hydrogens is 250 g/mol. The van der Waals surface area contributed by atoms with E-state index in [1.54, 1.807) is 21.2 Å². The first-order chi connectivity index (χ1) is 8.77. The summed E-state index contributed by atoms with van der Waals surface area (Å²) in [6.45, 7) is 2.18. The summed E-state index contributed by atoms with van der Waals surface area (Å²) >= 11 is 1.56. The molecule has 0 spiro atoms. The zero-order valence-corrected chi connectivity index (χ0v) is 10.9. The fraction of sp³-hybridized carbons (Fsp3) is 0.583. The molecule has 1 saturated heterocycles. The maximum Gasteiger partial charge on any atom is 0.267 e. The topological polar surface area (TPSA) is 55.2 Å². The Morgan fingerprint density at radius 1 is 1.22 bits per heavy atom. The number of aromatic nitrogens is 2. The van der Waals surface area contributed by atoms with Gasteiger partial charge in [0.15, 0.2) is 5.16 Å². The summed E-state index contributed by atoms with van der Waals surface area (Å²) in [4.78, 5) is 30.5. The van der Waals surface area contributed by atoms with E-state index in [-0.39, 0.29) is 17.0 Å². The van der Waals surface area contributed by atoms with Crippen molar-refractivity contribution in [3.05, 3.63) is 22.1 Å². The third-order valence-electron chi connectivity index (χ3n) is 3.43. The molecule has 0 saturated carbocycles. The van der Waals surface area contributed by atoms with Crippen LogP contribution in [0.1, 0.15) is 29.6 Å². The molecule has 0 unspecified atom stereocenters. The molecule has 0 bridgehead atoms. The average molecular weight is 265 g/mol. The van der Waals surface area contributed by atoms with Gasteiger partial charge in [0.2, 0.25) is 0 Å². The maximum atomic E-state index is 12.3. The second-order valence-electron chi connectivity index (χ2n) is 4.61. The molecule has 1 fully saturated rings. The third-order valence-corrected chi connectivity index (χ3v) is 4.40. The number of amides is 1. The van der Waals surface area contributed by atoms with Gasteiger partial charge in [-0.25, -0.2) is 4.98 Å². The molecule has 0 aromatic carbocycles. The quantitative estimate of drug-likeness (QED) is 0.710. The molecule has 2 aliphatic heterocycles. The van der Waals surface area contributed by atoms with Crippen molar-refractivity contribution < 1.29 is 4.79 Å². The minimum Gasteiger partial charge on any atom is -0.338 e. The van der Waals surface area contributed by atoms with Crippen molar-refractivity contribution in [2.24, 2.45) is 0 Å². The SMILES string of the molecule is O=C(c1cnc2n(c1=O)CCS2)N1CCCCC1. The molecule has 0 atom stereocenters. The van der Waals surface area contributed by atoms with Crippen LogP contribution in [0.2, 0.25) is 0 Å². The number of carbonyl (C=O) groups is 1. The Kier molecular flexibility index (Phi) is 3.11. The standard InChI is InChI=1S/C12H15N3O2S/c16-10(14-4-2-1-3-5-14)9-8-13-12-15(11(9)17)6-7-18-12/h8H,1-7H2. The normalized spacial score (nSPS) is 18.8. The maximum absolute atomic E-state index is 12.3. The first-order valence-electron chi connectivity index (χ1n) is 6.29. The molecule has 0 radical (unpaired) electrons. The highest BCUT2D eigenvalue weighted by Crippen LogP contribution is 2.21. The van der Waals surface area contributed by atoms with Crippen molar-refractivity contribution in [2.45, 2.75) is 31.0 Å². The smallest absolute Gasteiger partial charge is 0.267 e. The summed E-state index contributed by atoms with van der Waals surface area (Å²) < 4.78 is 1.61. The van der Waals surface area contributed by atoms with E-state index in [4.69, 9.17) is 0 Å². The molecule has 2 aliphatic rings. The molecule has 1 amide bonds. The molecule has 18 heavy (non-hydrogen) atoms. The molecule has 1 aromatic heterocycles. The second-order valence-corrected chi connectivity index (χ2v) is 5.67. The molecule has 96 valence electrons. The van der Waals surface area contributed by atoms with Gasteiger partial charge in [-0.15, -0.1) is 0 Å². The molecule has 0 aliphatic carbocycles. The first kappa shape index (κ1) is 11.8. The van der Waals surface area contributed by atoms with Gasteiger partial charge in [0.05, 0.1) is 0 Å². The van der Waals surface area contributed by atoms with Crippen LogP contribution >= 0.6 is 11.8 Å². The van der Waals surface area contributed by atoms with Gasteiger partial charge >= 0.3 is 0 Å². The Bertz CT molecular complexity index is 535. The van der Waals surface area contributed by atoms with E-state index in [9.17, 15) is 9.59 Å². The fourth-order valence-electron chi connectivity index (χ4n) is 2.43. The molecule has 6 heteroatoms. The van der Waals surface area contributed by atoms with Gasteiger partial charge in [-0.1, -0.05) is 11.8 Å². The minimum atomic E-state index is -0.180. The predicted molar refractivity (Wildman–Crippen MR) is 69.0 cm³/mol. The summed E-state index contributed by atoms with van der Waals surface area (Å²) in [6.07, 6.45) is 4.67. The molecule has 3 heterocycles. The lowest BCUT2D eigenvalue weighted by Crippen LogP contribution is -2.39. The van der Waals surface area contributed by atoms with E-state index < -0.39 is 0 Å². The van der Waals surface area contributed by atoms with Gasteiger partial charge in [-0.2, -0.15) is 0 Å². The zero-order valence-electron chi connectivity index (χ0n) is 10.1. The van der Waals surface area contributed by atoms with Crippen LogP contribution in [0, 0.1) is 0 Å².